The standard InChI is InChI=1S/C15H19N3OS/c1-4-12(14-6-5-9-20-14)17-11-7-8-16-13(10-11)15(19)18(2)3/h5-10,12H,4H2,1-3H3,(H,16,17). The van der Waals surface area contributed by atoms with Crippen LogP contribution in [-0.2, 0) is 0 Å². The number of hydrogen-bond donors (Lipinski definition) is 1. The molecule has 0 aromatic carbocycles. The zero-order valence-electron chi connectivity index (χ0n) is 12.0. The van der Waals surface area contributed by atoms with Crippen LogP contribution < -0.4 is 5.32 Å². The van der Waals surface area contributed by atoms with Crippen molar-refractivity contribution < 1.29 is 4.79 Å². The van der Waals surface area contributed by atoms with Gasteiger partial charge < -0.3 is 10.2 Å². The van der Waals surface area contributed by atoms with Crippen molar-refractivity contribution in [1.29, 1.82) is 0 Å². The molecule has 2 heterocycles. The largest absolute Gasteiger partial charge is 0.377 e. The summed E-state index contributed by atoms with van der Waals surface area (Å²) in [5.74, 6) is -0.0853. The van der Waals surface area contributed by atoms with Crippen LogP contribution in [0.5, 0.6) is 0 Å². The monoisotopic (exact) mass is 289 g/mol. The van der Waals surface area contributed by atoms with E-state index in [1.54, 1.807) is 37.7 Å². The Morgan fingerprint density at radius 1 is 1.45 bits per heavy atom. The molecule has 0 spiro atoms. The smallest absolute Gasteiger partial charge is 0.272 e. The minimum absolute atomic E-state index is 0.0853. The molecule has 0 aliphatic rings. The molecular weight excluding hydrogens is 270 g/mol. The highest BCUT2D eigenvalue weighted by atomic mass is 32.1. The quantitative estimate of drug-likeness (QED) is 0.917. The van der Waals surface area contributed by atoms with Gasteiger partial charge in [-0.3, -0.25) is 9.78 Å². The fourth-order valence-electron chi connectivity index (χ4n) is 1.93. The Labute approximate surface area is 123 Å². The van der Waals surface area contributed by atoms with Crippen molar-refractivity contribution in [2.75, 3.05) is 19.4 Å². The van der Waals surface area contributed by atoms with Crippen LogP contribution in [0, 0.1) is 0 Å². The molecule has 20 heavy (non-hydrogen) atoms. The number of hydrogen-bond acceptors (Lipinski definition) is 4. The van der Waals surface area contributed by atoms with Crippen molar-refractivity contribution in [1.82, 2.24) is 9.88 Å². The first-order chi connectivity index (χ1) is 9.61. The highest BCUT2D eigenvalue weighted by Gasteiger charge is 2.13. The van der Waals surface area contributed by atoms with Gasteiger partial charge in [-0.2, -0.15) is 0 Å². The number of rotatable bonds is 5. The van der Waals surface area contributed by atoms with Crippen molar-refractivity contribution in [3.8, 4) is 0 Å². The van der Waals surface area contributed by atoms with Crippen molar-refractivity contribution >= 4 is 22.9 Å². The number of aromatic nitrogens is 1. The van der Waals surface area contributed by atoms with Crippen molar-refractivity contribution in [3.05, 3.63) is 46.4 Å². The van der Waals surface area contributed by atoms with E-state index < -0.39 is 0 Å². The second-order valence-corrected chi connectivity index (χ2v) is 5.73. The van der Waals surface area contributed by atoms with E-state index in [2.05, 4.69) is 34.7 Å². The van der Waals surface area contributed by atoms with Crippen LogP contribution in [0.15, 0.2) is 35.8 Å². The summed E-state index contributed by atoms with van der Waals surface area (Å²) in [6.07, 6.45) is 2.65. The van der Waals surface area contributed by atoms with E-state index in [0.717, 1.165) is 12.1 Å². The van der Waals surface area contributed by atoms with Crippen molar-refractivity contribution in [2.24, 2.45) is 0 Å². The molecule has 2 aromatic rings. The Morgan fingerprint density at radius 3 is 2.85 bits per heavy atom. The Bertz CT molecular complexity index is 566. The Hall–Kier alpha value is -1.88. The highest BCUT2D eigenvalue weighted by molar-refractivity contribution is 7.10. The molecule has 0 fully saturated rings. The first-order valence-corrected chi connectivity index (χ1v) is 7.47. The van der Waals surface area contributed by atoms with E-state index in [4.69, 9.17) is 0 Å². The summed E-state index contributed by atoms with van der Waals surface area (Å²) in [6, 6.07) is 8.14. The van der Waals surface area contributed by atoms with Crippen LogP contribution in [0.25, 0.3) is 0 Å². The number of thiophene rings is 1. The van der Waals surface area contributed by atoms with Gasteiger partial charge in [0.05, 0.1) is 6.04 Å². The van der Waals surface area contributed by atoms with Gasteiger partial charge in [0.25, 0.3) is 5.91 Å². The van der Waals surface area contributed by atoms with E-state index in [1.165, 1.54) is 9.78 Å². The molecule has 0 saturated heterocycles. The second kappa shape index (κ2) is 6.52. The summed E-state index contributed by atoms with van der Waals surface area (Å²) < 4.78 is 0. The van der Waals surface area contributed by atoms with Crippen molar-refractivity contribution in [3.63, 3.8) is 0 Å². The normalized spacial score (nSPS) is 11.9. The van der Waals surface area contributed by atoms with Gasteiger partial charge in [-0.15, -0.1) is 11.3 Å². The average Bonchev–Trinajstić information content (AvgIpc) is 2.98. The molecule has 106 valence electrons. The molecule has 0 bridgehead atoms. The fourth-order valence-corrected chi connectivity index (χ4v) is 2.79. The molecule has 2 rings (SSSR count). The lowest BCUT2D eigenvalue weighted by Crippen LogP contribution is -2.22. The third-order valence-electron chi connectivity index (χ3n) is 3.02. The van der Waals surface area contributed by atoms with Crippen LogP contribution in [-0.4, -0.2) is 29.9 Å². The Balaban J connectivity index is 2.17. The number of amides is 1. The zero-order valence-corrected chi connectivity index (χ0v) is 12.8. The van der Waals surface area contributed by atoms with E-state index in [-0.39, 0.29) is 11.9 Å². The molecule has 2 aromatic heterocycles. The maximum atomic E-state index is 11.9. The first kappa shape index (κ1) is 14.5. The van der Waals surface area contributed by atoms with Gasteiger partial charge in [-0.25, -0.2) is 0 Å². The number of nitrogens with zero attached hydrogens (tertiary/aromatic N) is 2. The van der Waals surface area contributed by atoms with Crippen LogP contribution in [0.3, 0.4) is 0 Å². The first-order valence-electron chi connectivity index (χ1n) is 6.59. The molecule has 0 aliphatic carbocycles. The van der Waals surface area contributed by atoms with Gasteiger partial charge in [0.15, 0.2) is 0 Å². The van der Waals surface area contributed by atoms with Crippen LogP contribution >= 0.6 is 11.3 Å². The number of carbonyl (C=O) groups excluding carboxylic acids is 1. The third kappa shape index (κ3) is 3.36. The van der Waals surface area contributed by atoms with Crippen LogP contribution in [0.4, 0.5) is 5.69 Å². The average molecular weight is 289 g/mol. The van der Waals surface area contributed by atoms with E-state index in [0.29, 0.717) is 5.69 Å². The minimum atomic E-state index is -0.0853. The zero-order chi connectivity index (χ0) is 14.5. The summed E-state index contributed by atoms with van der Waals surface area (Å²) in [4.78, 5) is 18.9. The van der Waals surface area contributed by atoms with Crippen LogP contribution in [0.2, 0.25) is 0 Å². The molecule has 4 nitrogen and oxygen atoms in total. The molecule has 0 saturated carbocycles. The van der Waals surface area contributed by atoms with Gasteiger partial charge in [0, 0.05) is 30.9 Å². The Kier molecular flexibility index (Phi) is 4.74. The summed E-state index contributed by atoms with van der Waals surface area (Å²) in [7, 11) is 3.45. The van der Waals surface area contributed by atoms with Crippen LogP contribution in [0.1, 0.15) is 34.8 Å². The third-order valence-corrected chi connectivity index (χ3v) is 4.01. The lowest BCUT2D eigenvalue weighted by atomic mass is 10.1. The number of carbonyl (C=O) groups is 1. The van der Waals surface area contributed by atoms with Gasteiger partial charge in [-0.05, 0) is 30.0 Å². The SMILES string of the molecule is CCC(Nc1ccnc(C(=O)N(C)C)c1)c1cccs1. The Morgan fingerprint density at radius 2 is 2.25 bits per heavy atom. The van der Waals surface area contributed by atoms with Crippen molar-refractivity contribution in [2.45, 2.75) is 19.4 Å². The highest BCUT2D eigenvalue weighted by Crippen LogP contribution is 2.26. The lowest BCUT2D eigenvalue weighted by molar-refractivity contribution is 0.0822. The maximum absolute atomic E-state index is 11.9. The van der Waals surface area contributed by atoms with Gasteiger partial charge in [-0.1, -0.05) is 13.0 Å². The molecule has 0 aliphatic heterocycles. The summed E-state index contributed by atoms with van der Waals surface area (Å²) >= 11 is 1.74. The molecule has 1 atom stereocenters. The van der Waals surface area contributed by atoms with E-state index in [9.17, 15) is 4.79 Å². The predicted molar refractivity (Wildman–Crippen MR) is 83.2 cm³/mol. The topological polar surface area (TPSA) is 45.2 Å². The minimum Gasteiger partial charge on any atom is -0.377 e. The maximum Gasteiger partial charge on any atom is 0.272 e. The van der Waals surface area contributed by atoms with Gasteiger partial charge in [0.2, 0.25) is 0 Å². The van der Waals surface area contributed by atoms with E-state index in [1.807, 2.05) is 6.07 Å². The predicted octanol–water partition coefficient (Wildman–Crippen LogP) is 3.41. The molecule has 5 heteroatoms. The molecule has 1 amide bonds. The van der Waals surface area contributed by atoms with E-state index >= 15 is 0 Å². The fraction of sp³-hybridized carbons (Fsp3) is 0.333. The summed E-state index contributed by atoms with van der Waals surface area (Å²) in [5, 5.41) is 5.54. The van der Waals surface area contributed by atoms with Gasteiger partial charge >= 0.3 is 0 Å². The number of nitrogens with one attached hydrogen (secondary N) is 1. The molecule has 0 radical (unpaired) electrons. The second-order valence-electron chi connectivity index (χ2n) is 4.75. The molecular formula is C15H19N3OS. The number of anilines is 1. The molecule has 1 N–H and O–H groups in total. The number of pyridine rings is 1. The lowest BCUT2D eigenvalue weighted by Gasteiger charge is -2.17. The van der Waals surface area contributed by atoms with Gasteiger partial charge in [0.1, 0.15) is 5.69 Å². The summed E-state index contributed by atoms with van der Waals surface area (Å²) in [5.41, 5.74) is 1.38. The summed E-state index contributed by atoms with van der Waals surface area (Å²) in [6.45, 7) is 2.14. The molecule has 1 unspecified atom stereocenters.